The maximum Gasteiger partial charge on any atom is 0.0874 e. The Balaban J connectivity index is 3.82. The fraction of sp³-hybridized carbons (Fsp3) is 0.750. The lowest BCUT2D eigenvalue weighted by Crippen LogP contribution is -2.18. The van der Waals surface area contributed by atoms with E-state index in [4.69, 9.17) is 5.53 Å². The summed E-state index contributed by atoms with van der Waals surface area (Å²) < 4.78 is 1.58. The molecule has 0 heterocycles. The first-order valence-corrected chi connectivity index (χ1v) is 3.76. The van der Waals surface area contributed by atoms with Crippen molar-refractivity contribution in [2.24, 2.45) is 10.3 Å². The van der Waals surface area contributed by atoms with Crippen LogP contribution >= 0.6 is 22.6 Å². The first-order chi connectivity index (χ1) is 4.22. The van der Waals surface area contributed by atoms with Crippen LogP contribution in [-0.2, 0) is 0 Å². The number of nitrogens with one attached hydrogen (secondary N) is 1. The predicted molar refractivity (Wildman–Crippen MR) is 44.6 cm³/mol. The lowest BCUT2D eigenvalue weighted by molar-refractivity contribution is 0.221. The minimum absolute atomic E-state index is 0.161. The molecule has 0 aromatic rings. The van der Waals surface area contributed by atoms with Gasteiger partial charge in [0, 0.05) is 0 Å². The molecule has 0 aliphatic heterocycles. The molecule has 0 radical (unpaired) electrons. The van der Waals surface area contributed by atoms with Gasteiger partial charge in [-0.15, -0.1) is 0 Å². The minimum atomic E-state index is 0.161. The van der Waals surface area contributed by atoms with Crippen LogP contribution in [0.15, 0.2) is 10.3 Å². The van der Waals surface area contributed by atoms with Crippen molar-refractivity contribution in [3.63, 3.8) is 0 Å². The fourth-order valence-electron chi connectivity index (χ4n) is 0.319. The van der Waals surface area contributed by atoms with E-state index < -0.39 is 0 Å². The van der Waals surface area contributed by atoms with Crippen molar-refractivity contribution in [3.05, 3.63) is 0 Å². The van der Waals surface area contributed by atoms with Gasteiger partial charge >= 0.3 is 0 Å². The molecular formula is C4H9IN4. The van der Waals surface area contributed by atoms with Gasteiger partial charge in [0.15, 0.2) is 0 Å². The van der Waals surface area contributed by atoms with E-state index in [-0.39, 0.29) is 6.04 Å². The van der Waals surface area contributed by atoms with E-state index in [2.05, 4.69) is 10.3 Å². The molecular weight excluding hydrogens is 231 g/mol. The molecule has 0 saturated heterocycles. The summed E-state index contributed by atoms with van der Waals surface area (Å²) in [5.74, 6) is 0. The van der Waals surface area contributed by atoms with E-state index in [0.29, 0.717) is 0 Å². The van der Waals surface area contributed by atoms with E-state index in [1.54, 1.807) is 4.22 Å². The molecule has 5 heteroatoms. The largest absolute Gasteiger partial charge is 0.185 e. The average molecular weight is 240 g/mol. The van der Waals surface area contributed by atoms with Gasteiger partial charge in [0.05, 0.1) is 10.3 Å². The van der Waals surface area contributed by atoms with Crippen molar-refractivity contribution >= 4 is 26.8 Å². The maximum absolute atomic E-state index is 6.63. The molecule has 0 aromatic heterocycles. The molecule has 4 nitrogen and oxygen atoms in total. The Bertz CT molecular complexity index is 111. The number of halogens is 1. The molecule has 0 aliphatic carbocycles. The standard InChI is InChI=1S/C4H9IN4/c1-4(2)9(8-6)7-3-5/h3-4,6H,1-2H3/b7-3-,8-6?. The van der Waals surface area contributed by atoms with Crippen molar-refractivity contribution in [1.82, 2.24) is 5.12 Å². The fourth-order valence-corrected chi connectivity index (χ4v) is 0.575. The van der Waals surface area contributed by atoms with Gasteiger partial charge in [-0.05, 0) is 36.4 Å². The normalized spacial score (nSPS) is 10.7. The SMILES string of the molecule is CC(C)N(N=N)/N=C\I. The molecule has 0 amide bonds. The number of rotatable bonds is 3. The van der Waals surface area contributed by atoms with Gasteiger partial charge in [0.25, 0.3) is 0 Å². The summed E-state index contributed by atoms with van der Waals surface area (Å²) in [7, 11) is 0. The highest BCUT2D eigenvalue weighted by molar-refractivity contribution is 14.1. The second-order valence-corrected chi connectivity index (χ2v) is 2.28. The van der Waals surface area contributed by atoms with Crippen LogP contribution in [0.4, 0.5) is 0 Å². The Morgan fingerprint density at radius 2 is 2.22 bits per heavy atom. The highest BCUT2D eigenvalue weighted by Crippen LogP contribution is 1.98. The number of hydrogen-bond acceptors (Lipinski definition) is 3. The lowest BCUT2D eigenvalue weighted by atomic mass is 10.4. The second-order valence-electron chi connectivity index (χ2n) is 1.73. The van der Waals surface area contributed by atoms with E-state index >= 15 is 0 Å². The quantitative estimate of drug-likeness (QED) is 0.349. The van der Waals surface area contributed by atoms with Gasteiger partial charge < -0.3 is 0 Å². The highest BCUT2D eigenvalue weighted by Gasteiger charge is 2.00. The molecule has 0 saturated carbocycles. The zero-order valence-corrected chi connectivity index (χ0v) is 7.53. The van der Waals surface area contributed by atoms with E-state index in [1.807, 2.05) is 36.4 Å². The summed E-state index contributed by atoms with van der Waals surface area (Å²) in [6.07, 6.45) is 0. The van der Waals surface area contributed by atoms with Gasteiger partial charge in [0.1, 0.15) is 0 Å². The first-order valence-electron chi connectivity index (χ1n) is 2.51. The molecule has 0 unspecified atom stereocenters. The second kappa shape index (κ2) is 4.66. The molecule has 0 aliphatic rings. The van der Waals surface area contributed by atoms with Crippen LogP contribution in [0.5, 0.6) is 0 Å². The van der Waals surface area contributed by atoms with Gasteiger partial charge in [-0.25, -0.2) is 0 Å². The first kappa shape index (κ1) is 8.80. The molecule has 1 N–H and O–H groups in total. The van der Waals surface area contributed by atoms with Crippen LogP contribution in [0, 0.1) is 5.53 Å². The van der Waals surface area contributed by atoms with Gasteiger partial charge in [-0.1, -0.05) is 5.22 Å². The molecule has 0 spiro atoms. The third-order valence-electron chi connectivity index (χ3n) is 0.726. The van der Waals surface area contributed by atoms with Crippen molar-refractivity contribution < 1.29 is 0 Å². The van der Waals surface area contributed by atoms with Crippen molar-refractivity contribution in [2.75, 3.05) is 0 Å². The lowest BCUT2D eigenvalue weighted by Gasteiger charge is -2.12. The summed E-state index contributed by atoms with van der Waals surface area (Å²) in [4.78, 5) is 0. The Morgan fingerprint density at radius 3 is 2.33 bits per heavy atom. The van der Waals surface area contributed by atoms with Crippen molar-refractivity contribution in [3.8, 4) is 0 Å². The summed E-state index contributed by atoms with van der Waals surface area (Å²) in [6.45, 7) is 3.84. The Morgan fingerprint density at radius 1 is 1.67 bits per heavy atom. The monoisotopic (exact) mass is 240 g/mol. The van der Waals surface area contributed by atoms with Crippen LogP contribution in [-0.4, -0.2) is 15.4 Å². The van der Waals surface area contributed by atoms with Crippen molar-refractivity contribution in [1.29, 1.82) is 5.53 Å². The van der Waals surface area contributed by atoms with Crippen LogP contribution < -0.4 is 0 Å². The summed E-state index contributed by atoms with van der Waals surface area (Å²) in [5.41, 5.74) is 6.63. The topological polar surface area (TPSA) is 51.8 Å². The molecule has 0 aromatic carbocycles. The number of nitrogens with zero attached hydrogens (tertiary/aromatic N) is 3. The van der Waals surface area contributed by atoms with Gasteiger partial charge in [0.2, 0.25) is 0 Å². The van der Waals surface area contributed by atoms with Gasteiger partial charge in [-0.3, -0.25) is 0 Å². The summed E-state index contributed by atoms with van der Waals surface area (Å²) >= 11 is 1.98. The third kappa shape index (κ3) is 3.39. The van der Waals surface area contributed by atoms with Gasteiger partial charge in [-0.2, -0.15) is 15.8 Å². The number of hydrazone groups is 1. The Labute approximate surface area is 67.9 Å². The van der Waals surface area contributed by atoms with E-state index in [9.17, 15) is 0 Å². The van der Waals surface area contributed by atoms with Crippen LogP contribution in [0.2, 0.25) is 0 Å². The van der Waals surface area contributed by atoms with E-state index in [1.165, 1.54) is 5.12 Å². The van der Waals surface area contributed by atoms with Crippen LogP contribution in [0.25, 0.3) is 0 Å². The van der Waals surface area contributed by atoms with E-state index in [0.717, 1.165) is 0 Å². The van der Waals surface area contributed by atoms with Crippen LogP contribution in [0.1, 0.15) is 13.8 Å². The Kier molecular flexibility index (Phi) is 4.55. The minimum Gasteiger partial charge on any atom is -0.185 e. The highest BCUT2D eigenvalue weighted by atomic mass is 127. The zero-order chi connectivity index (χ0) is 7.28. The molecule has 0 atom stereocenters. The average Bonchev–Trinajstić information content (AvgIpc) is 1.82. The zero-order valence-electron chi connectivity index (χ0n) is 5.37. The number of hydrogen-bond donors (Lipinski definition) is 1. The molecule has 9 heavy (non-hydrogen) atoms. The molecule has 0 bridgehead atoms. The van der Waals surface area contributed by atoms with Crippen LogP contribution in [0.3, 0.4) is 0 Å². The molecule has 52 valence electrons. The predicted octanol–water partition coefficient (Wildman–Crippen LogP) is 2.02. The Hall–Kier alpha value is -0.200. The summed E-state index contributed by atoms with van der Waals surface area (Å²) in [6, 6.07) is 0.161. The summed E-state index contributed by atoms with van der Waals surface area (Å²) in [5, 5.41) is 8.27. The smallest absolute Gasteiger partial charge is 0.0874 e. The molecule has 0 fully saturated rings. The van der Waals surface area contributed by atoms with Crippen molar-refractivity contribution in [2.45, 2.75) is 19.9 Å². The maximum atomic E-state index is 6.63. The third-order valence-corrected chi connectivity index (χ3v) is 0.975. The molecule has 0 rings (SSSR count).